The van der Waals surface area contributed by atoms with Gasteiger partial charge in [0.2, 0.25) is 10.0 Å². The molecule has 0 heterocycles. The molecule has 0 aromatic heterocycles. The molecule has 96 valence electrons. The van der Waals surface area contributed by atoms with E-state index in [1.54, 1.807) is 24.3 Å². The lowest BCUT2D eigenvalue weighted by molar-refractivity contribution is -0.858. The highest BCUT2D eigenvalue weighted by Gasteiger charge is 2.13. The van der Waals surface area contributed by atoms with Gasteiger partial charge < -0.3 is 4.90 Å². The summed E-state index contributed by atoms with van der Waals surface area (Å²) in [5.74, 6) is 0. The topological polar surface area (TPSA) is 50.6 Å². The van der Waals surface area contributed by atoms with Gasteiger partial charge in [0.05, 0.1) is 25.5 Å². The van der Waals surface area contributed by atoms with Crippen LogP contribution in [0.1, 0.15) is 6.42 Å². The highest BCUT2D eigenvalue weighted by Crippen LogP contribution is 2.15. The first-order chi connectivity index (χ1) is 7.92. The quantitative estimate of drug-likeness (QED) is 0.739. The van der Waals surface area contributed by atoms with Crippen LogP contribution >= 0.6 is 15.9 Å². The Morgan fingerprint density at radius 1 is 1.35 bits per heavy atom. The average molecular weight is 322 g/mol. The maximum Gasteiger partial charge on any atom is 0.240 e. The molecule has 0 atom stereocenters. The van der Waals surface area contributed by atoms with Crippen LogP contribution in [-0.2, 0) is 10.0 Å². The van der Waals surface area contributed by atoms with Gasteiger partial charge in [0.25, 0.3) is 0 Å². The van der Waals surface area contributed by atoms with E-state index in [4.69, 9.17) is 0 Å². The molecule has 0 saturated carbocycles. The minimum absolute atomic E-state index is 0.295. The molecule has 4 nitrogen and oxygen atoms in total. The lowest BCUT2D eigenvalue weighted by atomic mass is 10.4. The minimum Gasteiger partial charge on any atom is -0.340 e. The Kier molecular flexibility index (Phi) is 5.58. The highest BCUT2D eigenvalue weighted by molar-refractivity contribution is 9.10. The number of hydrogen-bond acceptors (Lipinski definition) is 2. The summed E-state index contributed by atoms with van der Waals surface area (Å²) in [4.78, 5) is 1.61. The van der Waals surface area contributed by atoms with Crippen LogP contribution in [0.2, 0.25) is 0 Å². The van der Waals surface area contributed by atoms with Crippen molar-refractivity contribution in [2.75, 3.05) is 27.2 Å². The second kappa shape index (κ2) is 6.49. The van der Waals surface area contributed by atoms with Crippen molar-refractivity contribution < 1.29 is 13.3 Å². The van der Waals surface area contributed by atoms with Gasteiger partial charge in [-0.3, -0.25) is 0 Å². The number of nitrogens with one attached hydrogen (secondary N) is 2. The third-order valence-electron chi connectivity index (χ3n) is 2.25. The molecule has 0 amide bonds. The van der Waals surface area contributed by atoms with Gasteiger partial charge in [-0.05, 0) is 18.2 Å². The zero-order chi connectivity index (χ0) is 12.9. The molecule has 0 radical (unpaired) electrons. The van der Waals surface area contributed by atoms with Crippen LogP contribution in [0, 0.1) is 0 Å². The molecular formula is C11H18BrN2O2S+. The molecular weight excluding hydrogens is 304 g/mol. The number of benzene rings is 1. The Morgan fingerprint density at radius 2 is 2.06 bits per heavy atom. The van der Waals surface area contributed by atoms with E-state index in [-0.39, 0.29) is 0 Å². The Balaban J connectivity index is 2.57. The molecule has 1 rings (SSSR count). The summed E-state index contributed by atoms with van der Waals surface area (Å²) in [7, 11) is 0.719. The van der Waals surface area contributed by atoms with E-state index in [1.165, 1.54) is 4.90 Å². The molecule has 0 aliphatic heterocycles. The Labute approximate surface area is 111 Å². The van der Waals surface area contributed by atoms with E-state index in [9.17, 15) is 8.42 Å². The molecule has 6 heteroatoms. The van der Waals surface area contributed by atoms with E-state index in [1.807, 2.05) is 14.1 Å². The van der Waals surface area contributed by atoms with Crippen molar-refractivity contribution in [2.24, 2.45) is 0 Å². The number of quaternary nitrogens is 1. The molecule has 0 fully saturated rings. The average Bonchev–Trinajstić information content (AvgIpc) is 2.24. The normalized spacial score (nSPS) is 12.0. The molecule has 0 spiro atoms. The van der Waals surface area contributed by atoms with Gasteiger partial charge in [-0.1, -0.05) is 22.0 Å². The van der Waals surface area contributed by atoms with Crippen LogP contribution in [0.15, 0.2) is 33.6 Å². The van der Waals surface area contributed by atoms with Crippen molar-refractivity contribution >= 4 is 26.0 Å². The van der Waals surface area contributed by atoms with Crippen molar-refractivity contribution in [3.63, 3.8) is 0 Å². The summed E-state index contributed by atoms with van der Waals surface area (Å²) in [6.07, 6.45) is 0.829. The van der Waals surface area contributed by atoms with Crippen LogP contribution < -0.4 is 9.62 Å². The Bertz CT molecular complexity index is 460. The first-order valence-electron chi connectivity index (χ1n) is 5.46. The standard InChI is InChI=1S/C11H17BrN2O2S/c1-14(2)8-4-7-13-17(15,16)11-6-3-5-10(12)9-11/h3,5-6,9,13H,4,7-8H2,1-2H3/p+1. The van der Waals surface area contributed by atoms with Crippen LogP contribution in [0.4, 0.5) is 0 Å². The zero-order valence-electron chi connectivity index (χ0n) is 10.0. The molecule has 0 bridgehead atoms. The second-order valence-corrected chi connectivity index (χ2v) is 6.85. The van der Waals surface area contributed by atoms with Crippen LogP contribution in [0.25, 0.3) is 0 Å². The van der Waals surface area contributed by atoms with Crippen molar-refractivity contribution in [3.05, 3.63) is 28.7 Å². The van der Waals surface area contributed by atoms with E-state index < -0.39 is 10.0 Å². The fourth-order valence-corrected chi connectivity index (χ4v) is 3.04. The van der Waals surface area contributed by atoms with Gasteiger partial charge in [-0.15, -0.1) is 0 Å². The summed E-state index contributed by atoms with van der Waals surface area (Å²) in [5, 5.41) is 0. The summed E-state index contributed by atoms with van der Waals surface area (Å²) in [6.45, 7) is 1.42. The Morgan fingerprint density at radius 3 is 2.65 bits per heavy atom. The molecule has 17 heavy (non-hydrogen) atoms. The monoisotopic (exact) mass is 321 g/mol. The third-order valence-corrected chi connectivity index (χ3v) is 4.20. The van der Waals surface area contributed by atoms with Gasteiger partial charge in [0.15, 0.2) is 0 Å². The zero-order valence-corrected chi connectivity index (χ0v) is 12.4. The largest absolute Gasteiger partial charge is 0.340 e. The van der Waals surface area contributed by atoms with Gasteiger partial charge in [-0.25, -0.2) is 13.1 Å². The molecule has 0 aliphatic rings. The van der Waals surface area contributed by atoms with Gasteiger partial charge >= 0.3 is 0 Å². The fourth-order valence-electron chi connectivity index (χ4n) is 1.37. The SMILES string of the molecule is C[NH+](C)CCCNS(=O)(=O)c1cccc(Br)c1. The van der Waals surface area contributed by atoms with E-state index in [0.29, 0.717) is 11.4 Å². The van der Waals surface area contributed by atoms with Crippen LogP contribution in [0.5, 0.6) is 0 Å². The number of sulfonamides is 1. The van der Waals surface area contributed by atoms with Crippen molar-refractivity contribution in [1.29, 1.82) is 0 Å². The van der Waals surface area contributed by atoms with E-state index in [0.717, 1.165) is 17.4 Å². The lowest BCUT2D eigenvalue weighted by Crippen LogP contribution is -3.05. The van der Waals surface area contributed by atoms with Gasteiger partial charge in [-0.2, -0.15) is 0 Å². The molecule has 1 aromatic rings. The van der Waals surface area contributed by atoms with E-state index >= 15 is 0 Å². The number of rotatable bonds is 6. The second-order valence-electron chi connectivity index (χ2n) is 4.17. The first-order valence-corrected chi connectivity index (χ1v) is 7.74. The molecule has 0 aliphatic carbocycles. The van der Waals surface area contributed by atoms with Crippen LogP contribution in [-0.4, -0.2) is 35.6 Å². The smallest absolute Gasteiger partial charge is 0.240 e. The summed E-state index contributed by atoms with van der Waals surface area (Å²) in [5.41, 5.74) is 0. The first kappa shape index (κ1) is 14.6. The van der Waals surface area contributed by atoms with Crippen molar-refractivity contribution in [3.8, 4) is 0 Å². The predicted molar refractivity (Wildman–Crippen MR) is 71.6 cm³/mol. The van der Waals surface area contributed by atoms with Crippen molar-refractivity contribution in [1.82, 2.24) is 4.72 Å². The summed E-state index contributed by atoms with van der Waals surface area (Å²) in [6, 6.07) is 6.70. The minimum atomic E-state index is -3.37. The Hall–Kier alpha value is -0.430. The molecule has 0 unspecified atom stereocenters. The third kappa shape index (κ3) is 5.16. The molecule has 2 N–H and O–H groups in total. The number of hydrogen-bond donors (Lipinski definition) is 2. The van der Waals surface area contributed by atoms with E-state index in [2.05, 4.69) is 20.7 Å². The van der Waals surface area contributed by atoms with Gasteiger partial charge in [0.1, 0.15) is 0 Å². The lowest BCUT2D eigenvalue weighted by Gasteiger charge is -2.09. The molecule has 1 aromatic carbocycles. The number of halogens is 1. The van der Waals surface area contributed by atoms with Crippen molar-refractivity contribution in [2.45, 2.75) is 11.3 Å². The maximum absolute atomic E-state index is 11.9. The maximum atomic E-state index is 11.9. The predicted octanol–water partition coefficient (Wildman–Crippen LogP) is 0.262. The molecule has 0 saturated heterocycles. The summed E-state index contributed by atoms with van der Waals surface area (Å²) < 4.78 is 27.1. The van der Waals surface area contributed by atoms with Crippen LogP contribution in [0.3, 0.4) is 0 Å². The van der Waals surface area contributed by atoms with Gasteiger partial charge in [0, 0.05) is 17.4 Å². The summed E-state index contributed by atoms with van der Waals surface area (Å²) >= 11 is 3.26. The fraction of sp³-hybridized carbons (Fsp3) is 0.455. The highest BCUT2D eigenvalue weighted by atomic mass is 79.9.